The maximum Gasteiger partial charge on any atom is 0.401 e. The summed E-state index contributed by atoms with van der Waals surface area (Å²) in [4.78, 5) is 40.1. The molecule has 2 unspecified atom stereocenters. The van der Waals surface area contributed by atoms with Crippen molar-refractivity contribution in [2.45, 2.75) is 52.8 Å². The molecule has 1 aromatic carbocycles. The molecular weight excluding hydrogens is 527 g/mol. The van der Waals surface area contributed by atoms with Crippen molar-refractivity contribution < 1.29 is 32.0 Å². The van der Waals surface area contributed by atoms with E-state index in [0.29, 0.717) is 10.5 Å². The molecule has 2 aromatic heterocycles. The number of amides is 2. The standard InChI is InChI=1S/C28H28F3N5O4/c1-16-14-40-15-20(16)24(37)36-23(33-13-17-8-6-5-7-9-17)19(12-32)22(34-36)18-10-11-35(26(39)27(2,3)4)25(38)21(18)28(29,30)31/h5-9,14-15,18,21,33H,10-11,13H2,1-4H3. The normalized spacial score (nSPS) is 17.9. The second kappa shape index (κ2) is 10.6. The van der Waals surface area contributed by atoms with Crippen molar-refractivity contribution in [2.75, 3.05) is 11.9 Å². The number of imide groups is 1. The number of aromatic nitrogens is 2. The van der Waals surface area contributed by atoms with Crippen LogP contribution in [-0.4, -0.2) is 45.1 Å². The summed E-state index contributed by atoms with van der Waals surface area (Å²) in [6.07, 6.45) is -2.82. The highest BCUT2D eigenvalue weighted by atomic mass is 19.4. The van der Waals surface area contributed by atoms with E-state index in [2.05, 4.69) is 10.4 Å². The van der Waals surface area contributed by atoms with Crippen molar-refractivity contribution in [3.8, 4) is 6.07 Å². The minimum Gasteiger partial charge on any atom is -0.471 e. The van der Waals surface area contributed by atoms with Gasteiger partial charge in [0, 0.05) is 30.0 Å². The van der Waals surface area contributed by atoms with E-state index < -0.39 is 41.1 Å². The number of likely N-dealkylation sites (tertiary alicyclic amines) is 1. The Kier molecular flexibility index (Phi) is 7.61. The van der Waals surface area contributed by atoms with Gasteiger partial charge in [0.1, 0.15) is 23.8 Å². The molecule has 40 heavy (non-hydrogen) atoms. The van der Waals surface area contributed by atoms with E-state index >= 15 is 0 Å². The van der Waals surface area contributed by atoms with E-state index in [1.54, 1.807) is 31.2 Å². The third-order valence-corrected chi connectivity index (χ3v) is 6.79. The topological polar surface area (TPSA) is 121 Å². The number of alkyl halides is 3. The Morgan fingerprint density at radius 1 is 1.18 bits per heavy atom. The van der Waals surface area contributed by atoms with Crippen molar-refractivity contribution in [3.63, 3.8) is 0 Å². The zero-order valence-corrected chi connectivity index (χ0v) is 22.4. The van der Waals surface area contributed by atoms with Crippen LogP contribution in [0.15, 0.2) is 47.3 Å². The molecule has 2 atom stereocenters. The van der Waals surface area contributed by atoms with Crippen molar-refractivity contribution in [1.82, 2.24) is 14.7 Å². The third-order valence-electron chi connectivity index (χ3n) is 6.79. The van der Waals surface area contributed by atoms with E-state index in [0.717, 1.165) is 10.2 Å². The molecule has 12 heteroatoms. The predicted octanol–water partition coefficient (Wildman–Crippen LogP) is 5.02. The molecule has 0 aliphatic carbocycles. The maximum absolute atomic E-state index is 14.4. The predicted molar refractivity (Wildman–Crippen MR) is 137 cm³/mol. The first kappa shape index (κ1) is 28.6. The van der Waals surface area contributed by atoms with Crippen LogP contribution in [0.1, 0.15) is 65.9 Å². The Balaban J connectivity index is 1.83. The van der Waals surface area contributed by atoms with Crippen molar-refractivity contribution in [1.29, 1.82) is 5.26 Å². The second-order valence-corrected chi connectivity index (χ2v) is 10.7. The minimum absolute atomic E-state index is 0.103. The Hall–Kier alpha value is -4.40. The van der Waals surface area contributed by atoms with Gasteiger partial charge in [-0.05, 0) is 18.9 Å². The molecule has 0 bridgehead atoms. The molecule has 0 saturated carbocycles. The van der Waals surface area contributed by atoms with Gasteiger partial charge in [-0.25, -0.2) is 0 Å². The molecule has 0 radical (unpaired) electrons. The summed E-state index contributed by atoms with van der Waals surface area (Å²) in [6.45, 7) is 6.01. The first-order valence-electron chi connectivity index (χ1n) is 12.6. The highest BCUT2D eigenvalue weighted by Crippen LogP contribution is 2.45. The molecule has 9 nitrogen and oxygen atoms in total. The quantitative estimate of drug-likeness (QED) is 0.469. The number of carbonyl (C=O) groups is 3. The molecule has 1 saturated heterocycles. The first-order chi connectivity index (χ1) is 18.8. The number of anilines is 1. The number of hydrogen-bond donors (Lipinski definition) is 1. The van der Waals surface area contributed by atoms with Gasteiger partial charge < -0.3 is 9.73 Å². The Bertz CT molecular complexity index is 1480. The second-order valence-electron chi connectivity index (χ2n) is 10.7. The maximum atomic E-state index is 14.4. The zero-order valence-electron chi connectivity index (χ0n) is 22.4. The molecule has 2 amide bonds. The number of nitrogens with one attached hydrogen (secondary N) is 1. The summed E-state index contributed by atoms with van der Waals surface area (Å²) in [5.41, 5.74) is -0.354. The van der Waals surface area contributed by atoms with Gasteiger partial charge in [0.05, 0.1) is 17.5 Å². The lowest BCUT2D eigenvalue weighted by molar-refractivity contribution is -0.200. The summed E-state index contributed by atoms with van der Waals surface area (Å²) >= 11 is 0. The fraction of sp³-hybridized carbons (Fsp3) is 0.393. The number of piperidine rings is 1. The molecule has 4 rings (SSSR count). The molecule has 1 aliphatic rings. The van der Waals surface area contributed by atoms with Crippen LogP contribution in [0, 0.1) is 29.6 Å². The number of nitrogens with zero attached hydrogens (tertiary/aromatic N) is 4. The van der Waals surface area contributed by atoms with Gasteiger partial charge in [-0.2, -0.15) is 28.2 Å². The number of furan rings is 1. The smallest absolute Gasteiger partial charge is 0.401 e. The van der Waals surface area contributed by atoms with Crippen LogP contribution in [0.3, 0.4) is 0 Å². The molecule has 1 N–H and O–H groups in total. The fourth-order valence-electron chi connectivity index (χ4n) is 4.74. The van der Waals surface area contributed by atoms with Crippen LogP contribution < -0.4 is 5.32 Å². The number of halogens is 3. The average Bonchev–Trinajstić information content (AvgIpc) is 3.48. The van der Waals surface area contributed by atoms with Gasteiger partial charge >= 0.3 is 6.18 Å². The van der Waals surface area contributed by atoms with E-state index in [-0.39, 0.29) is 42.1 Å². The van der Waals surface area contributed by atoms with Gasteiger partial charge in [0.15, 0.2) is 5.82 Å². The number of aryl methyl sites for hydroxylation is 1. The van der Waals surface area contributed by atoms with Crippen LogP contribution in [0.5, 0.6) is 0 Å². The monoisotopic (exact) mass is 555 g/mol. The van der Waals surface area contributed by atoms with Crippen molar-refractivity contribution in [2.24, 2.45) is 11.3 Å². The summed E-state index contributed by atoms with van der Waals surface area (Å²) in [7, 11) is 0. The molecule has 210 valence electrons. The Morgan fingerprint density at radius 3 is 2.40 bits per heavy atom. The van der Waals surface area contributed by atoms with Crippen molar-refractivity contribution in [3.05, 3.63) is 70.8 Å². The SMILES string of the molecule is Cc1cocc1C(=O)n1nc(C2CCN(C(=O)C(C)(C)C)C(=O)C2C(F)(F)F)c(C#N)c1NCc1ccccc1. The van der Waals surface area contributed by atoms with Crippen LogP contribution in [-0.2, 0) is 16.1 Å². The minimum atomic E-state index is -5.04. The summed E-state index contributed by atoms with van der Waals surface area (Å²) in [6, 6.07) is 10.9. The zero-order chi connectivity index (χ0) is 29.4. The number of rotatable bonds is 5. The van der Waals surface area contributed by atoms with E-state index in [9.17, 15) is 32.8 Å². The summed E-state index contributed by atoms with van der Waals surface area (Å²) in [5.74, 6) is -7.18. The molecule has 3 aromatic rings. The molecule has 1 aliphatic heterocycles. The van der Waals surface area contributed by atoms with Crippen molar-refractivity contribution >= 4 is 23.5 Å². The fourth-order valence-corrected chi connectivity index (χ4v) is 4.74. The van der Waals surface area contributed by atoms with Crippen LogP contribution >= 0.6 is 0 Å². The summed E-state index contributed by atoms with van der Waals surface area (Å²) < 4.78 is 49.3. The molecular formula is C28H28F3N5O4. The Labute approximate surface area is 228 Å². The third kappa shape index (κ3) is 5.36. The lowest BCUT2D eigenvalue weighted by atomic mass is 9.79. The van der Waals surface area contributed by atoms with Gasteiger partial charge in [0.2, 0.25) is 11.8 Å². The number of carbonyl (C=O) groups excluding carboxylic acids is 3. The molecule has 3 heterocycles. The van der Waals surface area contributed by atoms with Crippen LogP contribution in [0.25, 0.3) is 0 Å². The van der Waals surface area contributed by atoms with E-state index in [4.69, 9.17) is 4.42 Å². The number of benzene rings is 1. The molecule has 1 fully saturated rings. The van der Waals surface area contributed by atoms with Gasteiger partial charge in [-0.1, -0.05) is 51.1 Å². The lowest BCUT2D eigenvalue weighted by Gasteiger charge is -2.39. The van der Waals surface area contributed by atoms with E-state index in [1.807, 2.05) is 12.1 Å². The number of hydrogen-bond acceptors (Lipinski definition) is 7. The highest BCUT2D eigenvalue weighted by Gasteiger charge is 2.56. The number of nitriles is 1. The largest absolute Gasteiger partial charge is 0.471 e. The Morgan fingerprint density at radius 2 is 1.85 bits per heavy atom. The summed E-state index contributed by atoms with van der Waals surface area (Å²) in [5, 5.41) is 17.3. The average molecular weight is 556 g/mol. The van der Waals surface area contributed by atoms with Gasteiger partial charge in [-0.15, -0.1) is 0 Å². The lowest BCUT2D eigenvalue weighted by Crippen LogP contribution is -2.55. The van der Waals surface area contributed by atoms with E-state index in [1.165, 1.54) is 33.3 Å². The first-order valence-corrected chi connectivity index (χ1v) is 12.6. The van der Waals surface area contributed by atoms with Crippen LogP contribution in [0.2, 0.25) is 0 Å². The van der Waals surface area contributed by atoms with Crippen LogP contribution in [0.4, 0.5) is 19.0 Å². The molecule has 0 spiro atoms. The van der Waals surface area contributed by atoms with Gasteiger partial charge in [0.25, 0.3) is 5.91 Å². The highest BCUT2D eigenvalue weighted by molar-refractivity contribution is 6.00. The van der Waals surface area contributed by atoms with Gasteiger partial charge in [-0.3, -0.25) is 19.3 Å².